The number of hydrogen-bond acceptors (Lipinski definition) is 5. The Morgan fingerprint density at radius 1 is 1.07 bits per heavy atom. The number of pyridine rings is 1. The molecule has 0 unspecified atom stereocenters. The van der Waals surface area contributed by atoms with Crippen LogP contribution in [0.25, 0.3) is 11.0 Å². The molecule has 0 bridgehead atoms. The Hall–Kier alpha value is -3.06. The molecule has 30 heavy (non-hydrogen) atoms. The predicted octanol–water partition coefficient (Wildman–Crippen LogP) is 5.12. The fraction of sp³-hybridized carbons (Fsp3) is 0.304. The zero-order chi connectivity index (χ0) is 20.8. The van der Waals surface area contributed by atoms with Crippen LogP contribution in [-0.2, 0) is 19.4 Å². The fourth-order valence-electron chi connectivity index (χ4n) is 3.39. The molecule has 3 aromatic heterocycles. The molecule has 0 spiro atoms. The maximum absolute atomic E-state index is 12.8. The van der Waals surface area contributed by atoms with E-state index in [1.165, 1.54) is 12.8 Å². The second-order valence-corrected chi connectivity index (χ2v) is 8.13. The Morgan fingerprint density at radius 2 is 1.93 bits per heavy atom. The smallest absolute Gasteiger partial charge is 0.277 e. The highest BCUT2D eigenvalue weighted by molar-refractivity contribution is 7.09. The monoisotopic (exact) mass is 419 g/mol. The zero-order valence-electron chi connectivity index (χ0n) is 17.0. The topological polar surface area (TPSA) is 72.7 Å². The summed E-state index contributed by atoms with van der Waals surface area (Å²) in [4.78, 5) is 26.4. The van der Waals surface area contributed by atoms with E-state index >= 15 is 0 Å². The van der Waals surface area contributed by atoms with Crippen LogP contribution in [0, 0.1) is 0 Å². The minimum absolute atomic E-state index is 0.220. The van der Waals surface area contributed by atoms with Crippen LogP contribution < -0.4 is 5.32 Å². The van der Waals surface area contributed by atoms with Gasteiger partial charge in [-0.3, -0.25) is 15.1 Å². The number of anilines is 1. The minimum atomic E-state index is -0.220. The lowest BCUT2D eigenvalue weighted by molar-refractivity contribution is 0.102. The van der Waals surface area contributed by atoms with Crippen LogP contribution >= 0.6 is 11.3 Å². The Bertz CT molecular complexity index is 1120. The van der Waals surface area contributed by atoms with Gasteiger partial charge >= 0.3 is 0 Å². The normalized spacial score (nSPS) is 11.1. The van der Waals surface area contributed by atoms with E-state index in [2.05, 4.69) is 27.2 Å². The van der Waals surface area contributed by atoms with Gasteiger partial charge in [-0.15, -0.1) is 11.3 Å². The van der Waals surface area contributed by atoms with Crippen molar-refractivity contribution < 1.29 is 4.79 Å². The van der Waals surface area contributed by atoms with Crippen molar-refractivity contribution in [1.29, 1.82) is 0 Å². The van der Waals surface area contributed by atoms with Crippen molar-refractivity contribution in [3.05, 3.63) is 70.4 Å². The van der Waals surface area contributed by atoms with Gasteiger partial charge in [-0.05, 0) is 37.1 Å². The van der Waals surface area contributed by atoms with Gasteiger partial charge in [-0.1, -0.05) is 38.0 Å². The van der Waals surface area contributed by atoms with E-state index in [9.17, 15) is 4.79 Å². The first-order valence-electron chi connectivity index (χ1n) is 10.4. The molecule has 1 aromatic carbocycles. The molecule has 1 N–H and O–H groups in total. The quantitative estimate of drug-likeness (QED) is 0.382. The second kappa shape index (κ2) is 9.63. The molecule has 0 aliphatic carbocycles. The van der Waals surface area contributed by atoms with Gasteiger partial charge < -0.3 is 4.57 Å². The Labute approximate surface area is 180 Å². The number of aromatic nitrogens is 4. The van der Waals surface area contributed by atoms with Crippen LogP contribution in [0.4, 0.5) is 5.95 Å². The molecule has 7 heteroatoms. The summed E-state index contributed by atoms with van der Waals surface area (Å²) < 4.78 is 2.04. The molecular formula is C23H25N5OS. The molecule has 154 valence electrons. The summed E-state index contributed by atoms with van der Waals surface area (Å²) in [5.41, 5.74) is 3.30. The summed E-state index contributed by atoms with van der Waals surface area (Å²) in [6.07, 6.45) is 6.93. The van der Waals surface area contributed by atoms with E-state index < -0.39 is 0 Å². The molecule has 0 atom stereocenters. The van der Waals surface area contributed by atoms with Gasteiger partial charge in [0.2, 0.25) is 5.95 Å². The molecule has 3 heterocycles. The molecule has 0 saturated carbocycles. The van der Waals surface area contributed by atoms with Crippen molar-refractivity contribution in [3.8, 4) is 0 Å². The summed E-state index contributed by atoms with van der Waals surface area (Å²) >= 11 is 1.55. The van der Waals surface area contributed by atoms with E-state index in [0.29, 0.717) is 18.2 Å². The first-order valence-corrected chi connectivity index (χ1v) is 11.2. The number of rotatable bonds is 9. The molecule has 0 fully saturated rings. The minimum Gasteiger partial charge on any atom is -0.310 e. The summed E-state index contributed by atoms with van der Waals surface area (Å²) in [6, 6.07) is 13.8. The van der Waals surface area contributed by atoms with Crippen LogP contribution in [-0.4, -0.2) is 25.4 Å². The van der Waals surface area contributed by atoms with Crippen LogP contribution in [0.1, 0.15) is 47.4 Å². The van der Waals surface area contributed by atoms with Crippen LogP contribution in [0.2, 0.25) is 0 Å². The van der Waals surface area contributed by atoms with E-state index in [4.69, 9.17) is 0 Å². The fourth-order valence-corrected chi connectivity index (χ4v) is 4.21. The number of carbonyl (C=O) groups is 1. The van der Waals surface area contributed by atoms with Crippen LogP contribution in [0.5, 0.6) is 0 Å². The number of fused-ring (bicyclic) bond motifs is 1. The standard InChI is InChI=1S/C23H25N5OS/c1-2-3-4-12-21-25-19(16-30-21)22(29)27-23-26-18-10-5-6-11-20(18)28(23)15-13-17-9-7-8-14-24-17/h5-11,14,16H,2-4,12-13,15H2,1H3,(H,26,27,29). The van der Waals surface area contributed by atoms with E-state index in [0.717, 1.165) is 41.0 Å². The lowest BCUT2D eigenvalue weighted by Gasteiger charge is -2.09. The number of para-hydroxylation sites is 2. The van der Waals surface area contributed by atoms with Crippen molar-refractivity contribution in [1.82, 2.24) is 19.5 Å². The van der Waals surface area contributed by atoms with Crippen LogP contribution in [0.15, 0.2) is 54.0 Å². The maximum Gasteiger partial charge on any atom is 0.277 e. The Balaban J connectivity index is 1.52. The number of unbranched alkanes of at least 4 members (excludes halogenated alkanes) is 2. The van der Waals surface area contributed by atoms with Gasteiger partial charge in [0.25, 0.3) is 5.91 Å². The summed E-state index contributed by atoms with van der Waals surface area (Å²) in [7, 11) is 0. The molecular weight excluding hydrogens is 394 g/mol. The summed E-state index contributed by atoms with van der Waals surface area (Å²) in [5.74, 6) is 0.319. The van der Waals surface area contributed by atoms with Crippen molar-refractivity contribution in [2.75, 3.05) is 5.32 Å². The lowest BCUT2D eigenvalue weighted by atomic mass is 10.2. The lowest BCUT2D eigenvalue weighted by Crippen LogP contribution is -2.17. The number of nitrogens with one attached hydrogen (secondary N) is 1. The molecule has 4 aromatic rings. The third-order valence-corrected chi connectivity index (χ3v) is 5.88. The molecule has 0 aliphatic rings. The van der Waals surface area contributed by atoms with Gasteiger partial charge in [0, 0.05) is 30.2 Å². The highest BCUT2D eigenvalue weighted by atomic mass is 32.1. The third-order valence-electron chi connectivity index (χ3n) is 4.98. The molecule has 0 saturated heterocycles. The predicted molar refractivity (Wildman–Crippen MR) is 121 cm³/mol. The van der Waals surface area contributed by atoms with Gasteiger partial charge in [-0.25, -0.2) is 9.97 Å². The van der Waals surface area contributed by atoms with Crippen molar-refractivity contribution >= 4 is 34.2 Å². The maximum atomic E-state index is 12.8. The number of aryl methyl sites for hydroxylation is 3. The van der Waals surface area contributed by atoms with E-state index in [1.807, 2.05) is 52.4 Å². The third kappa shape index (κ3) is 4.74. The molecule has 0 aliphatic heterocycles. The summed E-state index contributed by atoms with van der Waals surface area (Å²) in [6.45, 7) is 2.85. The van der Waals surface area contributed by atoms with Gasteiger partial charge in [0.05, 0.1) is 16.0 Å². The second-order valence-electron chi connectivity index (χ2n) is 7.18. The summed E-state index contributed by atoms with van der Waals surface area (Å²) in [5, 5.41) is 5.81. The number of thiazole rings is 1. The van der Waals surface area contributed by atoms with Gasteiger partial charge in [0.1, 0.15) is 5.69 Å². The average Bonchev–Trinajstić information content (AvgIpc) is 3.38. The Kier molecular flexibility index (Phi) is 6.49. The number of amides is 1. The first kappa shape index (κ1) is 20.2. The Morgan fingerprint density at radius 3 is 2.77 bits per heavy atom. The number of nitrogens with zero attached hydrogens (tertiary/aromatic N) is 4. The highest BCUT2D eigenvalue weighted by Gasteiger charge is 2.16. The molecule has 6 nitrogen and oxygen atoms in total. The number of carbonyl (C=O) groups excluding carboxylic acids is 1. The number of hydrogen-bond donors (Lipinski definition) is 1. The van der Waals surface area contributed by atoms with Gasteiger partial charge in [-0.2, -0.15) is 0 Å². The largest absolute Gasteiger partial charge is 0.310 e. The van der Waals surface area contributed by atoms with Gasteiger partial charge in [0.15, 0.2) is 0 Å². The van der Waals surface area contributed by atoms with E-state index in [1.54, 1.807) is 17.5 Å². The highest BCUT2D eigenvalue weighted by Crippen LogP contribution is 2.21. The number of imidazole rings is 1. The van der Waals surface area contributed by atoms with Crippen molar-refractivity contribution in [2.45, 2.75) is 45.6 Å². The zero-order valence-corrected chi connectivity index (χ0v) is 17.9. The average molecular weight is 420 g/mol. The molecule has 0 radical (unpaired) electrons. The SMILES string of the molecule is CCCCCc1nc(C(=O)Nc2nc3ccccc3n2CCc2ccccn2)cs1. The van der Waals surface area contributed by atoms with Crippen LogP contribution in [0.3, 0.4) is 0 Å². The number of benzene rings is 1. The molecule has 1 amide bonds. The first-order chi connectivity index (χ1) is 14.7. The van der Waals surface area contributed by atoms with Crippen molar-refractivity contribution in [2.24, 2.45) is 0 Å². The van der Waals surface area contributed by atoms with Crippen molar-refractivity contribution in [3.63, 3.8) is 0 Å². The molecule has 4 rings (SSSR count). The van der Waals surface area contributed by atoms with E-state index in [-0.39, 0.29) is 5.91 Å².